The number of sulfonamides is 1. The summed E-state index contributed by atoms with van der Waals surface area (Å²) in [4.78, 5) is 26.9. The summed E-state index contributed by atoms with van der Waals surface area (Å²) in [5.41, 5.74) is 2.37. The molecule has 0 saturated heterocycles. The quantitative estimate of drug-likeness (QED) is 0.539. The first-order valence-corrected chi connectivity index (χ1v) is 12.6. The van der Waals surface area contributed by atoms with Gasteiger partial charge in [0.15, 0.2) is 0 Å². The molecule has 0 aliphatic heterocycles. The molecule has 2 amide bonds. The molecule has 0 radical (unpaired) electrons. The lowest BCUT2D eigenvalue weighted by Crippen LogP contribution is -2.46. The molecule has 2 aromatic rings. The Labute approximate surface area is 196 Å². The van der Waals surface area contributed by atoms with Crippen molar-refractivity contribution in [3.63, 3.8) is 0 Å². The lowest BCUT2D eigenvalue weighted by molar-refractivity contribution is -0.140. The number of hydrogen-bond donors (Lipinski definition) is 1. The van der Waals surface area contributed by atoms with E-state index in [2.05, 4.69) is 5.32 Å². The highest BCUT2D eigenvalue weighted by atomic mass is 32.2. The number of rotatable bonds is 11. The summed E-state index contributed by atoms with van der Waals surface area (Å²) in [6, 6.07) is 13.8. The zero-order valence-corrected chi connectivity index (χ0v) is 20.7. The Bertz CT molecular complexity index is 1050. The average Bonchev–Trinajstić information content (AvgIpc) is 2.78. The van der Waals surface area contributed by atoms with Gasteiger partial charge in [0.25, 0.3) is 0 Å². The molecule has 2 rings (SSSR count). The highest BCUT2D eigenvalue weighted by Gasteiger charge is 2.26. The molecule has 2 aromatic carbocycles. The summed E-state index contributed by atoms with van der Waals surface area (Å²) in [6.45, 7) is 3.99. The molecular weight excluding hydrogens is 442 g/mol. The molecule has 0 aliphatic rings. The lowest BCUT2D eigenvalue weighted by Gasteiger charge is -2.29. The number of carbonyl (C=O) groups is 2. The molecule has 0 saturated carbocycles. The number of aryl methyl sites for hydroxylation is 1. The fraction of sp³-hybridized carbons (Fsp3) is 0.417. The number of anilines is 1. The van der Waals surface area contributed by atoms with Crippen molar-refractivity contribution in [2.45, 2.75) is 39.3 Å². The fourth-order valence-electron chi connectivity index (χ4n) is 3.51. The fourth-order valence-corrected chi connectivity index (χ4v) is 4.46. The molecule has 180 valence electrons. The second-order valence-corrected chi connectivity index (χ2v) is 9.84. The Morgan fingerprint density at radius 1 is 1.12 bits per heavy atom. The van der Waals surface area contributed by atoms with Gasteiger partial charge < -0.3 is 15.0 Å². The van der Waals surface area contributed by atoms with Gasteiger partial charge in [-0.1, -0.05) is 24.3 Å². The van der Waals surface area contributed by atoms with Gasteiger partial charge in [-0.15, -0.1) is 0 Å². The van der Waals surface area contributed by atoms with Gasteiger partial charge in [0.2, 0.25) is 21.8 Å². The maximum atomic E-state index is 13.1. The van der Waals surface area contributed by atoms with Crippen molar-refractivity contribution < 1.29 is 22.7 Å². The van der Waals surface area contributed by atoms with E-state index < -0.39 is 16.1 Å². The first-order chi connectivity index (χ1) is 15.6. The Hall–Kier alpha value is -3.07. The molecule has 33 heavy (non-hydrogen) atoms. The second kappa shape index (κ2) is 11.7. The Morgan fingerprint density at radius 3 is 2.33 bits per heavy atom. The summed E-state index contributed by atoms with van der Waals surface area (Å²) >= 11 is 0. The highest BCUT2D eigenvalue weighted by molar-refractivity contribution is 7.92. The molecule has 9 heteroatoms. The number of methoxy groups -OCH3 is 1. The van der Waals surface area contributed by atoms with Crippen LogP contribution >= 0.6 is 0 Å². The Kier molecular flexibility index (Phi) is 9.28. The van der Waals surface area contributed by atoms with Gasteiger partial charge in [0, 0.05) is 26.6 Å². The van der Waals surface area contributed by atoms with E-state index in [-0.39, 0.29) is 31.3 Å². The van der Waals surface area contributed by atoms with Gasteiger partial charge in [-0.25, -0.2) is 8.42 Å². The molecule has 0 bridgehead atoms. The van der Waals surface area contributed by atoms with Crippen molar-refractivity contribution in [2.75, 3.05) is 31.3 Å². The van der Waals surface area contributed by atoms with Crippen molar-refractivity contribution in [3.8, 4) is 5.75 Å². The van der Waals surface area contributed by atoms with Gasteiger partial charge in [0.05, 0.1) is 19.1 Å². The van der Waals surface area contributed by atoms with Crippen LogP contribution in [0.5, 0.6) is 5.75 Å². The number of ether oxygens (including phenoxy) is 1. The van der Waals surface area contributed by atoms with Crippen molar-refractivity contribution in [3.05, 3.63) is 59.7 Å². The number of amides is 2. The molecule has 0 heterocycles. The number of likely N-dealkylation sites (N-methyl/N-ethyl adjacent to an activating group) is 1. The molecule has 0 aliphatic carbocycles. The Balaban J connectivity index is 2.14. The normalized spacial score (nSPS) is 12.0. The number of carbonyl (C=O) groups excluding carboxylic acids is 2. The van der Waals surface area contributed by atoms with Crippen LogP contribution in [0.15, 0.2) is 48.5 Å². The van der Waals surface area contributed by atoms with Crippen molar-refractivity contribution in [2.24, 2.45) is 0 Å². The minimum Gasteiger partial charge on any atom is -0.497 e. The van der Waals surface area contributed by atoms with E-state index in [1.807, 2.05) is 25.1 Å². The van der Waals surface area contributed by atoms with Crippen LogP contribution in [0.2, 0.25) is 0 Å². The zero-order chi connectivity index (χ0) is 24.6. The minimum atomic E-state index is -3.51. The second-order valence-electron chi connectivity index (χ2n) is 7.94. The van der Waals surface area contributed by atoms with Crippen LogP contribution in [0.1, 0.15) is 30.9 Å². The molecule has 1 atom stereocenters. The van der Waals surface area contributed by atoms with Crippen LogP contribution in [-0.4, -0.2) is 58.1 Å². The standard InChI is InChI=1S/C24H33N3O5S/c1-18-8-6-9-21(16-18)27(33(5,30)31)15-7-10-23(28)26(19(2)24(29)25-3)17-20-11-13-22(32-4)14-12-20/h6,8-9,11-14,16,19H,7,10,15,17H2,1-5H3,(H,25,29)/t19-/m0/s1. The monoisotopic (exact) mass is 475 g/mol. The summed E-state index contributed by atoms with van der Waals surface area (Å²) in [5.74, 6) is 0.210. The van der Waals surface area contributed by atoms with Crippen molar-refractivity contribution in [1.29, 1.82) is 0 Å². The van der Waals surface area contributed by atoms with Crippen molar-refractivity contribution in [1.82, 2.24) is 10.2 Å². The van der Waals surface area contributed by atoms with E-state index in [1.54, 1.807) is 44.4 Å². The van der Waals surface area contributed by atoms with Gasteiger partial charge in [-0.2, -0.15) is 0 Å². The molecule has 8 nitrogen and oxygen atoms in total. The lowest BCUT2D eigenvalue weighted by atomic mass is 10.1. The Morgan fingerprint density at radius 2 is 1.79 bits per heavy atom. The summed E-state index contributed by atoms with van der Waals surface area (Å²) in [6.07, 6.45) is 1.58. The van der Waals surface area contributed by atoms with E-state index in [0.29, 0.717) is 17.9 Å². The van der Waals surface area contributed by atoms with Gasteiger partial charge in [-0.3, -0.25) is 13.9 Å². The third kappa shape index (κ3) is 7.49. The molecule has 0 aromatic heterocycles. The highest BCUT2D eigenvalue weighted by Crippen LogP contribution is 2.20. The largest absolute Gasteiger partial charge is 0.497 e. The average molecular weight is 476 g/mol. The number of nitrogens with zero attached hydrogens (tertiary/aromatic N) is 2. The third-order valence-corrected chi connectivity index (χ3v) is 6.56. The topological polar surface area (TPSA) is 96.0 Å². The van der Waals surface area contributed by atoms with Crippen LogP contribution in [-0.2, 0) is 26.2 Å². The first-order valence-electron chi connectivity index (χ1n) is 10.7. The number of benzene rings is 2. The molecule has 1 N–H and O–H groups in total. The van der Waals surface area contributed by atoms with E-state index in [9.17, 15) is 18.0 Å². The summed E-state index contributed by atoms with van der Waals surface area (Å²) < 4.78 is 31.2. The number of nitrogens with one attached hydrogen (secondary N) is 1. The van der Waals surface area contributed by atoms with Crippen LogP contribution < -0.4 is 14.4 Å². The molecule has 0 spiro atoms. The van der Waals surface area contributed by atoms with Gasteiger partial charge >= 0.3 is 0 Å². The first kappa shape index (κ1) is 26.2. The van der Waals surface area contributed by atoms with Crippen molar-refractivity contribution >= 4 is 27.5 Å². The molecule has 0 unspecified atom stereocenters. The SMILES string of the molecule is CNC(=O)[C@H](C)N(Cc1ccc(OC)cc1)C(=O)CCCN(c1cccc(C)c1)S(C)(=O)=O. The van der Waals surface area contributed by atoms with Crippen LogP contribution in [0.25, 0.3) is 0 Å². The molecule has 0 fully saturated rings. The van der Waals surface area contributed by atoms with Crippen LogP contribution in [0.4, 0.5) is 5.69 Å². The minimum absolute atomic E-state index is 0.106. The van der Waals surface area contributed by atoms with Crippen LogP contribution in [0, 0.1) is 6.92 Å². The summed E-state index contributed by atoms with van der Waals surface area (Å²) in [7, 11) is -0.402. The summed E-state index contributed by atoms with van der Waals surface area (Å²) in [5, 5.41) is 2.58. The smallest absolute Gasteiger partial charge is 0.242 e. The van der Waals surface area contributed by atoms with Gasteiger partial charge in [-0.05, 0) is 55.7 Å². The van der Waals surface area contributed by atoms with E-state index in [0.717, 1.165) is 17.4 Å². The maximum Gasteiger partial charge on any atom is 0.242 e. The third-order valence-electron chi connectivity index (χ3n) is 5.37. The molecular formula is C24H33N3O5S. The number of hydrogen-bond acceptors (Lipinski definition) is 5. The van der Waals surface area contributed by atoms with E-state index >= 15 is 0 Å². The maximum absolute atomic E-state index is 13.1. The van der Waals surface area contributed by atoms with E-state index in [1.165, 1.54) is 16.3 Å². The zero-order valence-electron chi connectivity index (χ0n) is 19.9. The van der Waals surface area contributed by atoms with E-state index in [4.69, 9.17) is 4.74 Å². The van der Waals surface area contributed by atoms with Crippen LogP contribution in [0.3, 0.4) is 0 Å². The van der Waals surface area contributed by atoms with Gasteiger partial charge in [0.1, 0.15) is 11.8 Å². The predicted octanol–water partition coefficient (Wildman–Crippen LogP) is 2.71. The predicted molar refractivity (Wildman–Crippen MR) is 130 cm³/mol.